The van der Waals surface area contributed by atoms with E-state index in [0.29, 0.717) is 11.5 Å². The Hall–Kier alpha value is -2.02. The van der Waals surface area contributed by atoms with Crippen LogP contribution in [0.1, 0.15) is 6.92 Å². The Morgan fingerprint density at radius 3 is 2.67 bits per heavy atom. The number of nitrogens with two attached hydrogens (primary N) is 1. The molecule has 0 bridgehead atoms. The number of thioether (sulfide) groups is 1. The smallest absolute Gasteiger partial charge is 0.277 e. The van der Waals surface area contributed by atoms with E-state index in [9.17, 15) is 4.79 Å². The van der Waals surface area contributed by atoms with Gasteiger partial charge in [0.05, 0.1) is 5.25 Å². The van der Waals surface area contributed by atoms with Crippen molar-refractivity contribution < 1.29 is 14.3 Å². The number of carbonyl (C=O) groups excluding carboxylic acids is 1. The fourth-order valence-corrected chi connectivity index (χ4v) is 1.82. The normalized spacial score (nSPS) is 12.3. The van der Waals surface area contributed by atoms with E-state index in [2.05, 4.69) is 10.2 Å². The number of primary amides is 1. The van der Waals surface area contributed by atoms with Crippen molar-refractivity contribution in [3.63, 3.8) is 0 Å². The van der Waals surface area contributed by atoms with Crippen LogP contribution in [-0.4, -0.2) is 26.5 Å². The van der Waals surface area contributed by atoms with Gasteiger partial charge in [-0.1, -0.05) is 11.8 Å². The number of aromatic hydroxyl groups is 1. The van der Waals surface area contributed by atoms with Crippen LogP contribution >= 0.6 is 11.8 Å². The van der Waals surface area contributed by atoms with Crippen LogP contribution in [0.4, 0.5) is 0 Å². The van der Waals surface area contributed by atoms with Gasteiger partial charge in [-0.3, -0.25) is 4.79 Å². The number of nitrogens with zero attached hydrogens (tertiary/aromatic N) is 2. The summed E-state index contributed by atoms with van der Waals surface area (Å²) < 4.78 is 5.38. The van der Waals surface area contributed by atoms with E-state index in [1.807, 2.05) is 0 Å². The highest BCUT2D eigenvalue weighted by Crippen LogP contribution is 2.26. The summed E-state index contributed by atoms with van der Waals surface area (Å²) in [5.41, 5.74) is 5.83. The molecular weight excluding hydrogens is 254 g/mol. The Balaban J connectivity index is 2.15. The lowest BCUT2D eigenvalue weighted by Crippen LogP contribution is -2.22. The molecule has 0 spiro atoms. The highest BCUT2D eigenvalue weighted by Gasteiger charge is 2.16. The van der Waals surface area contributed by atoms with Gasteiger partial charge in [-0.05, 0) is 31.2 Å². The van der Waals surface area contributed by atoms with Gasteiger partial charge < -0.3 is 15.3 Å². The monoisotopic (exact) mass is 265 g/mol. The first-order valence-corrected chi connectivity index (χ1v) is 6.03. The largest absolute Gasteiger partial charge is 0.508 e. The maximum Gasteiger partial charge on any atom is 0.277 e. The van der Waals surface area contributed by atoms with Crippen LogP contribution in [0.15, 0.2) is 33.9 Å². The minimum Gasteiger partial charge on any atom is -0.508 e. The number of rotatable bonds is 4. The minimum atomic E-state index is -0.440. The quantitative estimate of drug-likeness (QED) is 0.810. The van der Waals surface area contributed by atoms with Gasteiger partial charge in [0.1, 0.15) is 5.75 Å². The molecule has 0 aliphatic rings. The number of aromatic nitrogens is 2. The standard InChI is InChI=1S/C11H11N3O3S/c1-6(9(12)16)18-11-14-13-10(17-11)7-2-4-8(15)5-3-7/h2-6,15H,1H3,(H2,12,16). The fourth-order valence-electron chi connectivity index (χ4n) is 1.19. The molecule has 1 atom stereocenters. The van der Waals surface area contributed by atoms with Crippen LogP contribution in [0.3, 0.4) is 0 Å². The zero-order valence-electron chi connectivity index (χ0n) is 9.53. The number of hydrogen-bond donors (Lipinski definition) is 2. The highest BCUT2D eigenvalue weighted by molar-refractivity contribution is 8.00. The Morgan fingerprint density at radius 1 is 1.39 bits per heavy atom. The topological polar surface area (TPSA) is 102 Å². The molecule has 0 aliphatic carbocycles. The Kier molecular flexibility index (Phi) is 3.52. The minimum absolute atomic E-state index is 0.162. The molecule has 18 heavy (non-hydrogen) atoms. The van der Waals surface area contributed by atoms with Crippen LogP contribution in [-0.2, 0) is 4.79 Å². The summed E-state index contributed by atoms with van der Waals surface area (Å²) in [5, 5.41) is 16.7. The van der Waals surface area contributed by atoms with Gasteiger partial charge in [0.25, 0.3) is 5.22 Å². The lowest BCUT2D eigenvalue weighted by atomic mass is 10.2. The molecule has 0 aliphatic heterocycles. The number of phenolic OH excluding ortho intramolecular Hbond substituents is 1. The number of phenols is 1. The third-order valence-electron chi connectivity index (χ3n) is 2.20. The lowest BCUT2D eigenvalue weighted by Gasteiger charge is -2.00. The molecule has 2 rings (SSSR count). The van der Waals surface area contributed by atoms with E-state index in [4.69, 9.17) is 15.3 Å². The number of amides is 1. The van der Waals surface area contributed by atoms with E-state index >= 15 is 0 Å². The average Bonchev–Trinajstić information content (AvgIpc) is 2.78. The molecule has 1 amide bonds. The summed E-state index contributed by atoms with van der Waals surface area (Å²) in [7, 11) is 0. The number of carbonyl (C=O) groups is 1. The fraction of sp³-hybridized carbons (Fsp3) is 0.182. The van der Waals surface area contributed by atoms with Gasteiger partial charge in [0.2, 0.25) is 11.8 Å². The number of hydrogen-bond acceptors (Lipinski definition) is 6. The van der Waals surface area contributed by atoms with Crippen molar-refractivity contribution in [1.29, 1.82) is 0 Å². The number of benzene rings is 1. The Labute approximate surface area is 107 Å². The average molecular weight is 265 g/mol. The molecule has 2 aromatic rings. The summed E-state index contributed by atoms with van der Waals surface area (Å²) in [6.45, 7) is 1.66. The third kappa shape index (κ3) is 2.80. The molecule has 1 unspecified atom stereocenters. The Bertz CT molecular complexity index is 553. The molecule has 6 nitrogen and oxygen atoms in total. The molecule has 0 fully saturated rings. The van der Waals surface area contributed by atoms with Gasteiger partial charge in [0.15, 0.2) is 0 Å². The van der Waals surface area contributed by atoms with Gasteiger partial charge in [-0.2, -0.15) is 0 Å². The van der Waals surface area contributed by atoms with Crippen molar-refractivity contribution in [2.45, 2.75) is 17.4 Å². The van der Waals surface area contributed by atoms with E-state index in [-0.39, 0.29) is 11.0 Å². The highest BCUT2D eigenvalue weighted by atomic mass is 32.2. The van der Waals surface area contributed by atoms with Crippen molar-refractivity contribution in [2.24, 2.45) is 5.73 Å². The molecule has 0 radical (unpaired) electrons. The molecule has 1 aromatic heterocycles. The van der Waals surface area contributed by atoms with Crippen molar-refractivity contribution in [2.75, 3.05) is 0 Å². The molecule has 94 valence electrons. The lowest BCUT2D eigenvalue weighted by molar-refractivity contribution is -0.117. The molecule has 1 heterocycles. The maximum atomic E-state index is 10.9. The first-order valence-electron chi connectivity index (χ1n) is 5.15. The molecule has 7 heteroatoms. The first-order chi connectivity index (χ1) is 8.56. The summed E-state index contributed by atoms with van der Waals surface area (Å²) in [5.74, 6) is 0.0498. The summed E-state index contributed by atoms with van der Waals surface area (Å²) in [4.78, 5) is 10.9. The van der Waals surface area contributed by atoms with Crippen molar-refractivity contribution in [1.82, 2.24) is 10.2 Å². The molecule has 3 N–H and O–H groups in total. The van der Waals surface area contributed by atoms with Gasteiger partial charge in [-0.25, -0.2) is 0 Å². The van der Waals surface area contributed by atoms with Gasteiger partial charge in [0, 0.05) is 5.56 Å². The molecule has 0 saturated heterocycles. The van der Waals surface area contributed by atoms with E-state index in [1.165, 1.54) is 12.1 Å². The first kappa shape index (κ1) is 12.4. The van der Waals surface area contributed by atoms with Crippen molar-refractivity contribution >= 4 is 17.7 Å². The predicted molar refractivity (Wildman–Crippen MR) is 65.9 cm³/mol. The van der Waals surface area contributed by atoms with Crippen molar-refractivity contribution in [3.8, 4) is 17.2 Å². The van der Waals surface area contributed by atoms with Crippen LogP contribution < -0.4 is 5.73 Å². The molecular formula is C11H11N3O3S. The SMILES string of the molecule is CC(Sc1nnc(-c2ccc(O)cc2)o1)C(N)=O. The summed E-state index contributed by atoms with van der Waals surface area (Å²) in [6, 6.07) is 6.38. The van der Waals surface area contributed by atoms with Gasteiger partial charge >= 0.3 is 0 Å². The van der Waals surface area contributed by atoms with E-state index in [1.54, 1.807) is 19.1 Å². The molecule has 0 saturated carbocycles. The summed E-state index contributed by atoms with van der Waals surface area (Å²) in [6.07, 6.45) is 0. The van der Waals surface area contributed by atoms with E-state index < -0.39 is 11.2 Å². The van der Waals surface area contributed by atoms with Crippen LogP contribution in [0, 0.1) is 0 Å². The van der Waals surface area contributed by atoms with Crippen LogP contribution in [0.2, 0.25) is 0 Å². The third-order valence-corrected chi connectivity index (χ3v) is 3.15. The summed E-state index contributed by atoms with van der Waals surface area (Å²) >= 11 is 1.11. The van der Waals surface area contributed by atoms with Crippen LogP contribution in [0.5, 0.6) is 5.75 Å². The zero-order chi connectivity index (χ0) is 13.1. The zero-order valence-corrected chi connectivity index (χ0v) is 10.3. The molecule has 1 aromatic carbocycles. The maximum absolute atomic E-state index is 10.9. The Morgan fingerprint density at radius 2 is 2.06 bits per heavy atom. The second-order valence-electron chi connectivity index (χ2n) is 3.58. The predicted octanol–water partition coefficient (Wildman–Crippen LogP) is 1.41. The second kappa shape index (κ2) is 5.09. The van der Waals surface area contributed by atoms with Gasteiger partial charge in [-0.15, -0.1) is 10.2 Å². The van der Waals surface area contributed by atoms with Crippen molar-refractivity contribution in [3.05, 3.63) is 24.3 Å². The van der Waals surface area contributed by atoms with Crippen LogP contribution in [0.25, 0.3) is 11.5 Å². The van der Waals surface area contributed by atoms with E-state index in [0.717, 1.165) is 11.8 Å². The second-order valence-corrected chi connectivity index (χ2v) is 4.87.